The molecule has 162 valence electrons. The number of anilines is 2. The Balaban J connectivity index is 1.81. The zero-order valence-electron chi connectivity index (χ0n) is 16.8. The zero-order valence-corrected chi connectivity index (χ0v) is 17.6. The number of nitrogens with one attached hydrogen (secondary N) is 1. The Morgan fingerprint density at radius 3 is 2.32 bits per heavy atom. The normalized spacial score (nSPS) is 15.8. The van der Waals surface area contributed by atoms with Gasteiger partial charge in [-0.25, -0.2) is 4.39 Å². The minimum Gasteiger partial charge on any atom is -0.497 e. The smallest absolute Gasteiger partial charge is 0.325 e. The van der Waals surface area contributed by atoms with Crippen LogP contribution in [0.15, 0.2) is 48.5 Å². The van der Waals surface area contributed by atoms with Gasteiger partial charge in [0.1, 0.15) is 24.2 Å². The molecule has 1 saturated heterocycles. The van der Waals surface area contributed by atoms with Crippen LogP contribution in [0.4, 0.5) is 15.8 Å². The van der Waals surface area contributed by atoms with Gasteiger partial charge in [0.15, 0.2) is 5.11 Å². The number of benzene rings is 2. The second-order valence-electron chi connectivity index (χ2n) is 6.63. The minimum atomic E-state index is -1.02. The Morgan fingerprint density at radius 2 is 1.74 bits per heavy atom. The van der Waals surface area contributed by atoms with Crippen molar-refractivity contribution in [1.29, 1.82) is 0 Å². The Morgan fingerprint density at radius 1 is 1.10 bits per heavy atom. The van der Waals surface area contributed by atoms with Gasteiger partial charge in [-0.1, -0.05) is 0 Å². The number of hydrogen-bond acceptors (Lipinski definition) is 6. The Bertz CT molecular complexity index is 997. The number of carbonyl (C=O) groups excluding carboxylic acids is 3. The number of nitrogens with zero attached hydrogens (tertiary/aromatic N) is 2. The number of ether oxygens (including phenoxy) is 2. The van der Waals surface area contributed by atoms with E-state index in [2.05, 4.69) is 5.32 Å². The maximum absolute atomic E-state index is 13.3. The molecule has 0 aliphatic carbocycles. The second kappa shape index (κ2) is 9.52. The molecule has 2 aromatic carbocycles. The van der Waals surface area contributed by atoms with E-state index < -0.39 is 29.6 Å². The topological polar surface area (TPSA) is 88.2 Å². The lowest BCUT2D eigenvalue weighted by atomic mass is 10.1. The van der Waals surface area contributed by atoms with Crippen molar-refractivity contribution < 1.29 is 28.2 Å². The molecule has 0 bridgehead atoms. The summed E-state index contributed by atoms with van der Waals surface area (Å²) in [5.41, 5.74) is 0.859. The highest BCUT2D eigenvalue weighted by Gasteiger charge is 2.45. The molecular formula is C21H20FN3O5S. The molecule has 0 spiro atoms. The molecular weight excluding hydrogens is 425 g/mol. The quantitative estimate of drug-likeness (QED) is 0.517. The fraction of sp³-hybridized carbons (Fsp3) is 0.238. The molecule has 1 aliphatic heterocycles. The van der Waals surface area contributed by atoms with Gasteiger partial charge in [0.2, 0.25) is 5.91 Å². The third-order valence-corrected chi connectivity index (χ3v) is 5.10. The summed E-state index contributed by atoms with van der Waals surface area (Å²) in [6.07, 6.45) is -0.250. The van der Waals surface area contributed by atoms with Crippen molar-refractivity contribution in [2.24, 2.45) is 0 Å². The van der Waals surface area contributed by atoms with E-state index in [-0.39, 0.29) is 18.1 Å². The lowest BCUT2D eigenvalue weighted by Crippen LogP contribution is -2.41. The molecule has 3 rings (SSSR count). The molecule has 0 unspecified atom stereocenters. The third-order valence-electron chi connectivity index (χ3n) is 4.68. The monoisotopic (exact) mass is 445 g/mol. The molecule has 1 atom stereocenters. The van der Waals surface area contributed by atoms with Crippen LogP contribution in [-0.2, 0) is 19.1 Å². The van der Waals surface area contributed by atoms with Crippen molar-refractivity contribution in [2.45, 2.75) is 12.5 Å². The van der Waals surface area contributed by atoms with E-state index in [1.807, 2.05) is 0 Å². The highest BCUT2D eigenvalue weighted by Crippen LogP contribution is 2.27. The fourth-order valence-electron chi connectivity index (χ4n) is 3.11. The molecule has 1 heterocycles. The van der Waals surface area contributed by atoms with Crippen LogP contribution in [0.2, 0.25) is 0 Å². The minimum absolute atomic E-state index is 0.0317. The van der Waals surface area contributed by atoms with Crippen molar-refractivity contribution in [3.63, 3.8) is 0 Å². The first kappa shape index (κ1) is 22.2. The molecule has 8 nitrogen and oxygen atoms in total. The first-order valence-corrected chi connectivity index (χ1v) is 9.65. The largest absolute Gasteiger partial charge is 0.497 e. The van der Waals surface area contributed by atoms with E-state index in [0.717, 1.165) is 0 Å². The first-order valence-electron chi connectivity index (χ1n) is 9.25. The van der Waals surface area contributed by atoms with Crippen LogP contribution < -0.4 is 15.0 Å². The van der Waals surface area contributed by atoms with Gasteiger partial charge in [-0.2, -0.15) is 0 Å². The van der Waals surface area contributed by atoms with Gasteiger partial charge >= 0.3 is 5.97 Å². The average Bonchev–Trinajstić information content (AvgIpc) is 2.98. The van der Waals surface area contributed by atoms with Crippen molar-refractivity contribution >= 4 is 46.5 Å². The van der Waals surface area contributed by atoms with Gasteiger partial charge in [-0.15, -0.1) is 0 Å². The lowest BCUT2D eigenvalue weighted by Gasteiger charge is -2.22. The molecule has 1 N–H and O–H groups in total. The predicted octanol–water partition coefficient (Wildman–Crippen LogP) is 2.34. The molecule has 31 heavy (non-hydrogen) atoms. The van der Waals surface area contributed by atoms with Gasteiger partial charge in [0.05, 0.1) is 26.3 Å². The van der Waals surface area contributed by atoms with Crippen LogP contribution in [-0.4, -0.2) is 54.6 Å². The van der Waals surface area contributed by atoms with Gasteiger partial charge in [-0.3, -0.25) is 19.3 Å². The van der Waals surface area contributed by atoms with Crippen molar-refractivity contribution in [3.8, 4) is 5.75 Å². The van der Waals surface area contributed by atoms with E-state index in [9.17, 15) is 18.8 Å². The number of carbonyl (C=O) groups is 3. The predicted molar refractivity (Wildman–Crippen MR) is 115 cm³/mol. The Labute approximate surface area is 183 Å². The van der Waals surface area contributed by atoms with E-state index in [4.69, 9.17) is 21.7 Å². The number of amides is 2. The Hall–Kier alpha value is -3.53. The van der Waals surface area contributed by atoms with E-state index in [1.54, 1.807) is 24.3 Å². The highest BCUT2D eigenvalue weighted by molar-refractivity contribution is 7.80. The number of halogens is 1. The number of esters is 1. The van der Waals surface area contributed by atoms with Gasteiger partial charge in [-0.05, 0) is 60.7 Å². The van der Waals surface area contributed by atoms with Crippen molar-refractivity contribution in [1.82, 2.24) is 4.90 Å². The fourth-order valence-corrected chi connectivity index (χ4v) is 3.49. The first-order chi connectivity index (χ1) is 14.8. The van der Waals surface area contributed by atoms with Crippen LogP contribution in [0.1, 0.15) is 6.42 Å². The molecule has 0 radical (unpaired) electrons. The molecule has 0 saturated carbocycles. The van der Waals surface area contributed by atoms with Crippen LogP contribution in [0.5, 0.6) is 5.75 Å². The molecule has 1 fully saturated rings. The summed E-state index contributed by atoms with van der Waals surface area (Å²) in [5, 5.41) is 2.74. The molecule has 0 aromatic heterocycles. The van der Waals surface area contributed by atoms with Crippen LogP contribution in [0.25, 0.3) is 0 Å². The van der Waals surface area contributed by atoms with Crippen molar-refractivity contribution in [3.05, 3.63) is 54.3 Å². The standard InChI is InChI=1S/C21H20FN3O5S/c1-29-16-9-5-14(6-10-16)23-18(26)11-17-20(28)25(15-7-3-13(22)4-8-15)21(31)24(17)12-19(27)30-2/h3-10,17H,11-12H2,1-2H3,(H,23,26)/t17-/m0/s1. The summed E-state index contributed by atoms with van der Waals surface area (Å²) in [5.74, 6) is -1.39. The number of hydrogen-bond donors (Lipinski definition) is 1. The van der Waals surface area contributed by atoms with E-state index in [1.165, 1.54) is 48.3 Å². The maximum Gasteiger partial charge on any atom is 0.325 e. The summed E-state index contributed by atoms with van der Waals surface area (Å²) in [4.78, 5) is 40.1. The maximum atomic E-state index is 13.3. The second-order valence-corrected chi connectivity index (χ2v) is 7.00. The van der Waals surface area contributed by atoms with Gasteiger partial charge < -0.3 is 19.7 Å². The highest BCUT2D eigenvalue weighted by atomic mass is 32.1. The molecule has 1 aliphatic rings. The van der Waals surface area contributed by atoms with Gasteiger partial charge in [0.25, 0.3) is 5.91 Å². The molecule has 10 heteroatoms. The van der Waals surface area contributed by atoms with Gasteiger partial charge in [0, 0.05) is 5.69 Å². The van der Waals surface area contributed by atoms with Crippen LogP contribution in [0, 0.1) is 5.82 Å². The number of methoxy groups -OCH3 is 2. The SMILES string of the molecule is COC(=O)CN1C(=S)N(c2ccc(F)cc2)C(=O)[C@@H]1CC(=O)Nc1ccc(OC)cc1. The summed E-state index contributed by atoms with van der Waals surface area (Å²) >= 11 is 5.39. The zero-order chi connectivity index (χ0) is 22.5. The van der Waals surface area contributed by atoms with Crippen LogP contribution >= 0.6 is 12.2 Å². The third kappa shape index (κ3) is 4.97. The van der Waals surface area contributed by atoms with Crippen LogP contribution in [0.3, 0.4) is 0 Å². The van der Waals surface area contributed by atoms with E-state index in [0.29, 0.717) is 17.1 Å². The van der Waals surface area contributed by atoms with E-state index >= 15 is 0 Å². The molecule has 2 aromatic rings. The number of rotatable bonds is 7. The average molecular weight is 445 g/mol. The summed E-state index contributed by atoms with van der Waals surface area (Å²) in [7, 11) is 2.75. The lowest BCUT2D eigenvalue weighted by molar-refractivity contribution is -0.141. The summed E-state index contributed by atoms with van der Waals surface area (Å²) in [6, 6.07) is 10.9. The summed E-state index contributed by atoms with van der Waals surface area (Å²) < 4.78 is 23.1. The van der Waals surface area contributed by atoms with Crippen molar-refractivity contribution in [2.75, 3.05) is 31.0 Å². The Kier molecular flexibility index (Phi) is 6.81. The molecule has 2 amide bonds. The summed E-state index contributed by atoms with van der Waals surface area (Å²) in [6.45, 7) is -0.306. The number of thiocarbonyl (C=S) groups is 1.